The molecule has 0 unspecified atom stereocenters. The van der Waals surface area contributed by atoms with E-state index in [-0.39, 0.29) is 0 Å². The Labute approximate surface area is 127 Å². The summed E-state index contributed by atoms with van der Waals surface area (Å²) in [4.78, 5) is 0. The van der Waals surface area contributed by atoms with Gasteiger partial charge in [-0.2, -0.15) is 0 Å². The largest absolute Gasteiger partial charge is 0.0885 e. The molecule has 0 fully saturated rings. The highest BCUT2D eigenvalue weighted by Gasteiger charge is 1.87. The van der Waals surface area contributed by atoms with Gasteiger partial charge in [-0.1, -0.05) is 94.6 Å². The molecule has 0 spiro atoms. The SMILES string of the molecule is CCC=CCC=CCC=CC=CCCCCCCCC. The van der Waals surface area contributed by atoms with Gasteiger partial charge in [-0.25, -0.2) is 0 Å². The molecule has 0 saturated carbocycles. The fourth-order valence-electron chi connectivity index (χ4n) is 1.99. The third-order valence-corrected chi connectivity index (χ3v) is 3.22. The standard InChI is InChI=1S/C20H34/c1-3-5-7-9-11-13-15-17-19-20-18-16-14-12-10-8-6-4-2/h5,7,11,13,17-20H,3-4,6,8-10,12,14-16H2,1-2H3. The molecule has 0 heterocycles. The average molecular weight is 274 g/mol. The summed E-state index contributed by atoms with van der Waals surface area (Å²) in [5.74, 6) is 0. The molecular weight excluding hydrogens is 240 g/mol. The maximum Gasteiger partial charge on any atom is -0.0166 e. The van der Waals surface area contributed by atoms with E-state index in [1.165, 1.54) is 44.9 Å². The summed E-state index contributed by atoms with van der Waals surface area (Å²) in [6.45, 7) is 4.44. The summed E-state index contributed by atoms with van der Waals surface area (Å²) < 4.78 is 0. The van der Waals surface area contributed by atoms with E-state index in [0.717, 1.165) is 19.3 Å². The molecule has 0 aliphatic rings. The first-order chi connectivity index (χ1) is 9.91. The van der Waals surface area contributed by atoms with Gasteiger partial charge in [0.05, 0.1) is 0 Å². The van der Waals surface area contributed by atoms with Crippen LogP contribution >= 0.6 is 0 Å². The average Bonchev–Trinajstić information content (AvgIpc) is 2.47. The van der Waals surface area contributed by atoms with Crippen molar-refractivity contribution in [3.63, 3.8) is 0 Å². The number of rotatable bonds is 13. The predicted molar refractivity (Wildman–Crippen MR) is 94.1 cm³/mol. The van der Waals surface area contributed by atoms with Crippen LogP contribution in [0.1, 0.15) is 78.1 Å². The minimum absolute atomic E-state index is 1.04. The monoisotopic (exact) mass is 274 g/mol. The van der Waals surface area contributed by atoms with Crippen molar-refractivity contribution in [2.24, 2.45) is 0 Å². The Balaban J connectivity index is 3.32. The Hall–Kier alpha value is -1.04. The Morgan fingerprint density at radius 3 is 1.90 bits per heavy atom. The minimum atomic E-state index is 1.04. The van der Waals surface area contributed by atoms with E-state index >= 15 is 0 Å². The van der Waals surface area contributed by atoms with Gasteiger partial charge >= 0.3 is 0 Å². The molecule has 0 aromatic rings. The molecule has 0 bridgehead atoms. The zero-order valence-electron chi connectivity index (χ0n) is 13.7. The molecule has 0 heteroatoms. The predicted octanol–water partition coefficient (Wildman–Crippen LogP) is 7.15. The smallest absolute Gasteiger partial charge is 0.0166 e. The van der Waals surface area contributed by atoms with Crippen LogP contribution in [0.25, 0.3) is 0 Å². The first-order valence-electron chi connectivity index (χ1n) is 8.53. The molecular formula is C20H34. The summed E-state index contributed by atoms with van der Waals surface area (Å²) in [5.41, 5.74) is 0. The second kappa shape index (κ2) is 18.0. The van der Waals surface area contributed by atoms with Crippen LogP contribution in [0, 0.1) is 0 Å². The van der Waals surface area contributed by atoms with Crippen molar-refractivity contribution in [1.29, 1.82) is 0 Å². The lowest BCUT2D eigenvalue weighted by Crippen LogP contribution is -1.77. The molecule has 0 radical (unpaired) electrons. The third-order valence-electron chi connectivity index (χ3n) is 3.22. The van der Waals surface area contributed by atoms with Crippen LogP contribution in [0.4, 0.5) is 0 Å². The van der Waals surface area contributed by atoms with E-state index in [2.05, 4.69) is 62.5 Å². The zero-order valence-corrected chi connectivity index (χ0v) is 13.7. The third kappa shape index (κ3) is 17.0. The van der Waals surface area contributed by atoms with Crippen LogP contribution in [0.5, 0.6) is 0 Å². The number of hydrogen-bond donors (Lipinski definition) is 0. The van der Waals surface area contributed by atoms with Crippen molar-refractivity contribution in [1.82, 2.24) is 0 Å². The lowest BCUT2D eigenvalue weighted by molar-refractivity contribution is 0.611. The van der Waals surface area contributed by atoms with Crippen LogP contribution in [-0.4, -0.2) is 0 Å². The van der Waals surface area contributed by atoms with Gasteiger partial charge in [-0.15, -0.1) is 0 Å². The summed E-state index contributed by atoms with van der Waals surface area (Å²) in [7, 11) is 0. The van der Waals surface area contributed by atoms with Gasteiger partial charge < -0.3 is 0 Å². The molecule has 0 rings (SSSR count). The number of allylic oxidation sites excluding steroid dienone is 8. The molecule has 0 amide bonds. The van der Waals surface area contributed by atoms with Gasteiger partial charge in [0.25, 0.3) is 0 Å². The van der Waals surface area contributed by atoms with Crippen LogP contribution < -0.4 is 0 Å². The Morgan fingerprint density at radius 2 is 1.15 bits per heavy atom. The summed E-state index contributed by atoms with van der Waals surface area (Å²) in [6.07, 6.45) is 30.6. The molecule has 0 aromatic carbocycles. The molecule has 0 atom stereocenters. The minimum Gasteiger partial charge on any atom is -0.0885 e. The van der Waals surface area contributed by atoms with E-state index in [1.807, 2.05) is 0 Å². The summed E-state index contributed by atoms with van der Waals surface area (Å²) >= 11 is 0. The molecule has 0 saturated heterocycles. The van der Waals surface area contributed by atoms with Gasteiger partial charge in [0.2, 0.25) is 0 Å². The van der Waals surface area contributed by atoms with Crippen LogP contribution in [0.15, 0.2) is 48.6 Å². The van der Waals surface area contributed by atoms with Crippen molar-refractivity contribution >= 4 is 0 Å². The van der Waals surface area contributed by atoms with E-state index in [1.54, 1.807) is 0 Å². The van der Waals surface area contributed by atoms with E-state index in [4.69, 9.17) is 0 Å². The summed E-state index contributed by atoms with van der Waals surface area (Å²) in [6, 6.07) is 0. The van der Waals surface area contributed by atoms with Crippen LogP contribution in [0.3, 0.4) is 0 Å². The highest BCUT2D eigenvalue weighted by atomic mass is 13.9. The molecule has 0 aliphatic heterocycles. The molecule has 114 valence electrons. The normalized spacial score (nSPS) is 12.7. The maximum absolute atomic E-state index is 2.30. The molecule has 0 N–H and O–H groups in total. The molecule has 0 nitrogen and oxygen atoms in total. The van der Waals surface area contributed by atoms with Crippen molar-refractivity contribution < 1.29 is 0 Å². The second-order valence-electron chi connectivity index (χ2n) is 5.24. The Morgan fingerprint density at radius 1 is 0.550 bits per heavy atom. The maximum atomic E-state index is 2.30. The number of unbranched alkanes of at least 4 members (excludes halogenated alkanes) is 6. The van der Waals surface area contributed by atoms with E-state index < -0.39 is 0 Å². The lowest BCUT2D eigenvalue weighted by atomic mass is 10.1. The van der Waals surface area contributed by atoms with E-state index in [9.17, 15) is 0 Å². The highest BCUT2D eigenvalue weighted by Crippen LogP contribution is 2.07. The van der Waals surface area contributed by atoms with Crippen LogP contribution in [0.2, 0.25) is 0 Å². The van der Waals surface area contributed by atoms with Gasteiger partial charge in [0.1, 0.15) is 0 Å². The van der Waals surface area contributed by atoms with Crippen molar-refractivity contribution in [2.75, 3.05) is 0 Å². The Kier molecular flexibility index (Phi) is 17.0. The summed E-state index contributed by atoms with van der Waals surface area (Å²) in [5, 5.41) is 0. The first kappa shape index (κ1) is 19.0. The molecule has 0 aromatic heterocycles. The zero-order chi connectivity index (χ0) is 14.7. The fraction of sp³-hybridized carbons (Fsp3) is 0.600. The topological polar surface area (TPSA) is 0 Å². The molecule has 0 aliphatic carbocycles. The van der Waals surface area contributed by atoms with Gasteiger partial charge in [-0.3, -0.25) is 0 Å². The second-order valence-corrected chi connectivity index (χ2v) is 5.24. The van der Waals surface area contributed by atoms with Crippen molar-refractivity contribution in [3.05, 3.63) is 48.6 Å². The lowest BCUT2D eigenvalue weighted by Gasteiger charge is -1.97. The van der Waals surface area contributed by atoms with E-state index in [0.29, 0.717) is 0 Å². The highest BCUT2D eigenvalue weighted by molar-refractivity contribution is 5.05. The van der Waals surface area contributed by atoms with Crippen LogP contribution in [-0.2, 0) is 0 Å². The fourth-order valence-corrected chi connectivity index (χ4v) is 1.99. The van der Waals surface area contributed by atoms with Crippen molar-refractivity contribution in [2.45, 2.75) is 78.1 Å². The number of hydrogen-bond acceptors (Lipinski definition) is 0. The van der Waals surface area contributed by atoms with Gasteiger partial charge in [-0.05, 0) is 32.1 Å². The van der Waals surface area contributed by atoms with Gasteiger partial charge in [0, 0.05) is 0 Å². The van der Waals surface area contributed by atoms with Crippen molar-refractivity contribution in [3.8, 4) is 0 Å². The van der Waals surface area contributed by atoms with Gasteiger partial charge in [0.15, 0.2) is 0 Å². The first-order valence-corrected chi connectivity index (χ1v) is 8.53. The molecule has 20 heavy (non-hydrogen) atoms. The Bertz CT molecular complexity index is 278. The quantitative estimate of drug-likeness (QED) is 0.190.